The molecule has 116 valence electrons. The van der Waals surface area contributed by atoms with Crippen molar-refractivity contribution < 1.29 is 18.7 Å². The number of hydrogen-bond donors (Lipinski definition) is 1. The van der Waals surface area contributed by atoms with E-state index in [9.17, 15) is 9.18 Å². The van der Waals surface area contributed by atoms with Gasteiger partial charge in [0.05, 0.1) is 37.3 Å². The Morgan fingerprint density at radius 2 is 2.36 bits per heavy atom. The van der Waals surface area contributed by atoms with Crippen molar-refractivity contribution in [1.82, 2.24) is 10.2 Å². The second-order valence-electron chi connectivity index (χ2n) is 5.31. The molecular weight excluding hydrogens is 287 g/mol. The number of aromatic amines is 1. The van der Waals surface area contributed by atoms with Crippen molar-refractivity contribution >= 4 is 5.97 Å². The molecule has 0 saturated heterocycles. The van der Waals surface area contributed by atoms with Gasteiger partial charge in [0.1, 0.15) is 5.82 Å². The van der Waals surface area contributed by atoms with Gasteiger partial charge in [0.15, 0.2) is 0 Å². The number of carbonyl (C=O) groups excluding carboxylic acids is 1. The number of esters is 1. The van der Waals surface area contributed by atoms with Gasteiger partial charge in [-0.3, -0.25) is 5.10 Å². The summed E-state index contributed by atoms with van der Waals surface area (Å²) in [7, 11) is 1.23. The predicted molar refractivity (Wildman–Crippen MR) is 76.8 cm³/mol. The largest absolute Gasteiger partial charge is 0.465 e. The number of aryl methyl sites for hydroxylation is 1. The van der Waals surface area contributed by atoms with E-state index < -0.39 is 11.8 Å². The topological polar surface area (TPSA) is 64.2 Å². The summed E-state index contributed by atoms with van der Waals surface area (Å²) in [5.41, 5.74) is 2.80. The van der Waals surface area contributed by atoms with Crippen LogP contribution in [0.5, 0.6) is 0 Å². The van der Waals surface area contributed by atoms with Crippen molar-refractivity contribution in [2.24, 2.45) is 0 Å². The highest BCUT2D eigenvalue weighted by Gasteiger charge is 2.22. The quantitative estimate of drug-likeness (QED) is 0.882. The van der Waals surface area contributed by atoms with E-state index >= 15 is 0 Å². The molecule has 0 amide bonds. The molecule has 1 aliphatic carbocycles. The number of H-pyrrole nitrogens is 1. The third kappa shape index (κ3) is 2.87. The molecule has 0 saturated carbocycles. The van der Waals surface area contributed by atoms with Crippen LogP contribution < -0.4 is 0 Å². The highest BCUT2D eigenvalue weighted by Crippen LogP contribution is 2.31. The number of nitrogens with zero attached hydrogens (tertiary/aromatic N) is 1. The fourth-order valence-corrected chi connectivity index (χ4v) is 2.71. The van der Waals surface area contributed by atoms with Crippen molar-refractivity contribution in [2.45, 2.75) is 32.0 Å². The summed E-state index contributed by atoms with van der Waals surface area (Å²) in [6.45, 7) is 0.279. The van der Waals surface area contributed by atoms with Gasteiger partial charge in [0, 0.05) is 0 Å². The summed E-state index contributed by atoms with van der Waals surface area (Å²) in [6, 6.07) is 4.40. The Labute approximate surface area is 127 Å². The maximum atomic E-state index is 13.9. The SMILES string of the molecule is COC(=O)c1ccc(COC2CCCc3cn[nH]c32)cc1F. The summed E-state index contributed by atoms with van der Waals surface area (Å²) in [6.07, 6.45) is 4.75. The van der Waals surface area contributed by atoms with Gasteiger partial charge < -0.3 is 9.47 Å². The maximum absolute atomic E-state index is 13.9. The zero-order valence-corrected chi connectivity index (χ0v) is 12.3. The highest BCUT2D eigenvalue weighted by molar-refractivity contribution is 5.89. The molecule has 1 N–H and O–H groups in total. The molecule has 0 bridgehead atoms. The van der Waals surface area contributed by atoms with Crippen molar-refractivity contribution in [1.29, 1.82) is 0 Å². The standard InChI is InChI=1S/C16H17FN2O3/c1-21-16(20)12-6-5-10(7-13(12)17)9-22-14-4-2-3-11-8-18-19-15(11)14/h5-8,14H,2-4,9H2,1H3,(H,18,19). The van der Waals surface area contributed by atoms with E-state index in [4.69, 9.17) is 4.74 Å². The van der Waals surface area contributed by atoms with Gasteiger partial charge in [0.25, 0.3) is 0 Å². The first-order valence-electron chi connectivity index (χ1n) is 7.19. The molecule has 1 aromatic carbocycles. The first-order valence-corrected chi connectivity index (χ1v) is 7.19. The van der Waals surface area contributed by atoms with Crippen LogP contribution in [0.3, 0.4) is 0 Å². The second-order valence-corrected chi connectivity index (χ2v) is 5.31. The molecular formula is C16H17FN2O3. The monoisotopic (exact) mass is 304 g/mol. The lowest BCUT2D eigenvalue weighted by atomic mass is 9.96. The lowest BCUT2D eigenvalue weighted by molar-refractivity contribution is 0.0253. The Morgan fingerprint density at radius 3 is 3.14 bits per heavy atom. The normalized spacial score (nSPS) is 17.1. The molecule has 1 unspecified atom stereocenters. The number of aromatic nitrogens is 2. The lowest BCUT2D eigenvalue weighted by Crippen LogP contribution is -2.12. The Kier molecular flexibility index (Phi) is 4.20. The van der Waals surface area contributed by atoms with E-state index in [1.165, 1.54) is 24.8 Å². The van der Waals surface area contributed by atoms with Crippen LogP contribution in [0.2, 0.25) is 0 Å². The molecule has 1 heterocycles. The Morgan fingerprint density at radius 1 is 1.50 bits per heavy atom. The number of rotatable bonds is 4. The molecule has 2 aromatic rings. The first-order chi connectivity index (χ1) is 10.7. The third-order valence-corrected chi connectivity index (χ3v) is 3.88. The van der Waals surface area contributed by atoms with Gasteiger partial charge in [0.2, 0.25) is 0 Å². The van der Waals surface area contributed by atoms with Crippen LogP contribution in [0.15, 0.2) is 24.4 Å². The number of hydrogen-bond acceptors (Lipinski definition) is 4. The average molecular weight is 304 g/mol. The summed E-state index contributed by atoms with van der Waals surface area (Å²) in [4.78, 5) is 11.4. The van der Waals surface area contributed by atoms with Crippen molar-refractivity contribution in [2.75, 3.05) is 7.11 Å². The molecule has 0 fully saturated rings. The van der Waals surface area contributed by atoms with Crippen molar-refractivity contribution in [3.63, 3.8) is 0 Å². The van der Waals surface area contributed by atoms with E-state index in [1.807, 2.05) is 6.20 Å². The minimum Gasteiger partial charge on any atom is -0.465 e. The number of ether oxygens (including phenoxy) is 2. The first kappa shape index (κ1) is 14.7. The predicted octanol–water partition coefficient (Wildman–Crippen LogP) is 2.93. The number of halogens is 1. The minimum atomic E-state index is -0.681. The summed E-state index contributed by atoms with van der Waals surface area (Å²) >= 11 is 0. The zero-order chi connectivity index (χ0) is 15.5. The van der Waals surface area contributed by atoms with E-state index in [0.717, 1.165) is 25.0 Å². The maximum Gasteiger partial charge on any atom is 0.340 e. The highest BCUT2D eigenvalue weighted by atomic mass is 19.1. The lowest BCUT2D eigenvalue weighted by Gasteiger charge is -2.22. The average Bonchev–Trinajstić information content (AvgIpc) is 3.01. The second kappa shape index (κ2) is 6.27. The summed E-state index contributed by atoms with van der Waals surface area (Å²) in [5, 5.41) is 7.02. The molecule has 22 heavy (non-hydrogen) atoms. The number of benzene rings is 1. The molecule has 0 aliphatic heterocycles. The smallest absolute Gasteiger partial charge is 0.340 e. The number of fused-ring (bicyclic) bond motifs is 1. The van der Waals surface area contributed by atoms with Gasteiger partial charge in [-0.1, -0.05) is 6.07 Å². The number of nitrogens with one attached hydrogen (secondary N) is 1. The van der Waals surface area contributed by atoms with Crippen molar-refractivity contribution in [3.8, 4) is 0 Å². The number of carbonyl (C=O) groups is 1. The Hall–Kier alpha value is -2.21. The van der Waals surface area contributed by atoms with E-state index in [1.54, 1.807) is 6.07 Å². The molecule has 1 atom stereocenters. The van der Waals surface area contributed by atoms with Crippen molar-refractivity contribution in [3.05, 3.63) is 52.6 Å². The van der Waals surface area contributed by atoms with Crippen LogP contribution in [0.4, 0.5) is 4.39 Å². The zero-order valence-electron chi connectivity index (χ0n) is 12.3. The van der Waals surface area contributed by atoms with Crippen LogP contribution in [-0.2, 0) is 22.5 Å². The fraction of sp³-hybridized carbons (Fsp3) is 0.375. The molecule has 1 aromatic heterocycles. The third-order valence-electron chi connectivity index (χ3n) is 3.88. The molecule has 0 spiro atoms. The van der Waals surface area contributed by atoms with Gasteiger partial charge in [-0.25, -0.2) is 9.18 Å². The van der Waals surface area contributed by atoms with Crippen LogP contribution in [0.25, 0.3) is 0 Å². The minimum absolute atomic E-state index is 0.0467. The van der Waals surface area contributed by atoms with Gasteiger partial charge in [-0.05, 0) is 42.5 Å². The fourth-order valence-electron chi connectivity index (χ4n) is 2.71. The van der Waals surface area contributed by atoms with Crippen LogP contribution >= 0.6 is 0 Å². The summed E-state index contributed by atoms with van der Waals surface area (Å²) < 4.78 is 24.3. The molecule has 1 aliphatic rings. The number of methoxy groups -OCH3 is 1. The van der Waals surface area contributed by atoms with Gasteiger partial charge in [-0.15, -0.1) is 0 Å². The van der Waals surface area contributed by atoms with Crippen LogP contribution in [0, 0.1) is 5.82 Å². The molecule has 3 rings (SSSR count). The Bertz CT molecular complexity index is 684. The molecule has 6 heteroatoms. The summed E-state index contributed by atoms with van der Waals surface area (Å²) in [5.74, 6) is -1.28. The van der Waals surface area contributed by atoms with Gasteiger partial charge >= 0.3 is 5.97 Å². The Balaban J connectivity index is 1.68. The van der Waals surface area contributed by atoms with E-state index in [0.29, 0.717) is 5.56 Å². The van der Waals surface area contributed by atoms with Crippen LogP contribution in [0.1, 0.15) is 46.1 Å². The molecule has 0 radical (unpaired) electrons. The molecule has 5 nitrogen and oxygen atoms in total. The van der Waals surface area contributed by atoms with E-state index in [2.05, 4.69) is 14.9 Å². The van der Waals surface area contributed by atoms with Crippen LogP contribution in [-0.4, -0.2) is 23.3 Å². The van der Waals surface area contributed by atoms with Gasteiger partial charge in [-0.2, -0.15) is 5.10 Å². The van der Waals surface area contributed by atoms with E-state index in [-0.39, 0.29) is 18.3 Å².